The van der Waals surface area contributed by atoms with Crippen LogP contribution in [0.4, 0.5) is 5.69 Å². The van der Waals surface area contributed by atoms with Crippen molar-refractivity contribution in [3.8, 4) is 6.07 Å². The van der Waals surface area contributed by atoms with E-state index in [2.05, 4.69) is 5.32 Å². The summed E-state index contributed by atoms with van der Waals surface area (Å²) >= 11 is 0. The number of nitriles is 1. The van der Waals surface area contributed by atoms with Crippen LogP contribution in [0.15, 0.2) is 60.3 Å². The molecular formula is C21H23N3O. The first-order chi connectivity index (χ1) is 12.0. The van der Waals surface area contributed by atoms with Crippen LogP contribution in [-0.2, 0) is 11.3 Å². The summed E-state index contributed by atoms with van der Waals surface area (Å²) in [5.74, 6) is -0.386. The van der Waals surface area contributed by atoms with Gasteiger partial charge in [-0.2, -0.15) is 5.26 Å². The van der Waals surface area contributed by atoms with Crippen LogP contribution in [0.2, 0.25) is 0 Å². The highest BCUT2D eigenvalue weighted by atomic mass is 16.1. The lowest BCUT2D eigenvalue weighted by atomic mass is 10.1. The van der Waals surface area contributed by atoms with E-state index in [4.69, 9.17) is 0 Å². The van der Waals surface area contributed by atoms with E-state index in [0.717, 1.165) is 22.4 Å². The Bertz CT molecular complexity index is 804. The molecule has 0 aliphatic carbocycles. The SMILES string of the molecule is CCN(/C=C(/C#N)C(=O)Nc1cccc(C)c1C)Cc1ccccc1. The maximum absolute atomic E-state index is 12.5. The second kappa shape index (κ2) is 8.70. The van der Waals surface area contributed by atoms with Crippen LogP contribution in [-0.4, -0.2) is 17.4 Å². The number of nitrogens with zero attached hydrogens (tertiary/aromatic N) is 2. The van der Waals surface area contributed by atoms with Crippen LogP contribution in [0, 0.1) is 25.2 Å². The molecule has 4 heteroatoms. The van der Waals surface area contributed by atoms with Crippen LogP contribution in [0.1, 0.15) is 23.6 Å². The van der Waals surface area contributed by atoms with Gasteiger partial charge in [0.05, 0.1) is 0 Å². The van der Waals surface area contributed by atoms with Gasteiger partial charge in [-0.1, -0.05) is 42.5 Å². The molecule has 0 aromatic heterocycles. The lowest BCUT2D eigenvalue weighted by Gasteiger charge is -2.19. The standard InChI is InChI=1S/C21H23N3O/c1-4-24(14-18-10-6-5-7-11-18)15-19(13-22)21(25)23-20-12-8-9-16(2)17(20)3/h5-12,15H,4,14H2,1-3H3,(H,23,25)/b19-15-. The Kier molecular flexibility index (Phi) is 6.36. The third kappa shape index (κ3) is 4.95. The maximum atomic E-state index is 12.5. The summed E-state index contributed by atoms with van der Waals surface area (Å²) in [6, 6.07) is 17.7. The summed E-state index contributed by atoms with van der Waals surface area (Å²) in [7, 11) is 0. The zero-order valence-electron chi connectivity index (χ0n) is 14.9. The number of nitrogens with one attached hydrogen (secondary N) is 1. The molecule has 0 saturated carbocycles. The highest BCUT2D eigenvalue weighted by Crippen LogP contribution is 2.18. The second-order valence-electron chi connectivity index (χ2n) is 5.90. The summed E-state index contributed by atoms with van der Waals surface area (Å²) in [6.45, 7) is 7.30. The minimum absolute atomic E-state index is 0.0960. The summed E-state index contributed by atoms with van der Waals surface area (Å²) < 4.78 is 0. The number of aryl methyl sites for hydroxylation is 1. The average molecular weight is 333 g/mol. The molecule has 0 aliphatic rings. The number of rotatable bonds is 6. The van der Waals surface area contributed by atoms with Crippen LogP contribution in [0.25, 0.3) is 0 Å². The molecule has 128 valence electrons. The van der Waals surface area contributed by atoms with E-state index in [1.165, 1.54) is 0 Å². The smallest absolute Gasteiger partial charge is 0.267 e. The van der Waals surface area contributed by atoms with Crippen molar-refractivity contribution in [1.82, 2.24) is 4.90 Å². The fraction of sp³-hybridized carbons (Fsp3) is 0.238. The summed E-state index contributed by atoms with van der Waals surface area (Å²) in [5.41, 5.74) is 4.06. The Balaban J connectivity index is 2.16. The van der Waals surface area contributed by atoms with Gasteiger partial charge in [0.2, 0.25) is 0 Å². The number of anilines is 1. The topological polar surface area (TPSA) is 56.1 Å². The molecule has 0 unspecified atom stereocenters. The third-order valence-corrected chi connectivity index (χ3v) is 4.16. The second-order valence-corrected chi connectivity index (χ2v) is 5.90. The van der Waals surface area contributed by atoms with E-state index < -0.39 is 0 Å². The highest BCUT2D eigenvalue weighted by molar-refractivity contribution is 6.06. The third-order valence-electron chi connectivity index (χ3n) is 4.16. The molecule has 0 saturated heterocycles. The molecule has 0 heterocycles. The molecule has 2 aromatic carbocycles. The lowest BCUT2D eigenvalue weighted by Crippen LogP contribution is -2.21. The fourth-order valence-electron chi connectivity index (χ4n) is 2.46. The first-order valence-corrected chi connectivity index (χ1v) is 8.32. The molecule has 0 radical (unpaired) electrons. The first-order valence-electron chi connectivity index (χ1n) is 8.32. The average Bonchev–Trinajstić information content (AvgIpc) is 2.63. The van der Waals surface area contributed by atoms with Crippen molar-refractivity contribution >= 4 is 11.6 Å². The van der Waals surface area contributed by atoms with Gasteiger partial charge < -0.3 is 10.2 Å². The van der Waals surface area contributed by atoms with E-state index in [9.17, 15) is 10.1 Å². The maximum Gasteiger partial charge on any atom is 0.267 e. The molecule has 1 amide bonds. The van der Waals surface area contributed by atoms with Crippen molar-refractivity contribution in [3.63, 3.8) is 0 Å². The molecule has 25 heavy (non-hydrogen) atoms. The number of amides is 1. The molecule has 4 nitrogen and oxygen atoms in total. The van der Waals surface area contributed by atoms with E-state index in [1.54, 1.807) is 6.20 Å². The summed E-state index contributed by atoms with van der Waals surface area (Å²) in [4.78, 5) is 14.4. The molecular weight excluding hydrogens is 310 g/mol. The Labute approximate surface area is 149 Å². The van der Waals surface area contributed by atoms with Crippen molar-refractivity contribution < 1.29 is 4.79 Å². The molecule has 0 spiro atoms. The van der Waals surface area contributed by atoms with Gasteiger partial charge in [0, 0.05) is 25.0 Å². The summed E-state index contributed by atoms with van der Waals surface area (Å²) in [5, 5.41) is 12.2. The van der Waals surface area contributed by atoms with Gasteiger partial charge in [-0.05, 0) is 43.5 Å². The van der Waals surface area contributed by atoms with E-state index in [-0.39, 0.29) is 11.5 Å². The number of benzene rings is 2. The Morgan fingerprint density at radius 3 is 2.52 bits per heavy atom. The zero-order valence-corrected chi connectivity index (χ0v) is 14.9. The first kappa shape index (κ1) is 18.3. The van der Waals surface area contributed by atoms with E-state index in [1.807, 2.05) is 80.3 Å². The Morgan fingerprint density at radius 2 is 1.88 bits per heavy atom. The van der Waals surface area contributed by atoms with Crippen LogP contribution >= 0.6 is 0 Å². The molecule has 1 N–H and O–H groups in total. The van der Waals surface area contributed by atoms with Crippen molar-refractivity contribution in [3.05, 3.63) is 77.0 Å². The molecule has 0 bridgehead atoms. The fourth-order valence-corrected chi connectivity index (χ4v) is 2.46. The minimum Gasteiger partial charge on any atom is -0.372 e. The number of hydrogen-bond donors (Lipinski definition) is 1. The highest BCUT2D eigenvalue weighted by Gasteiger charge is 2.13. The van der Waals surface area contributed by atoms with Crippen molar-refractivity contribution in [2.75, 3.05) is 11.9 Å². The van der Waals surface area contributed by atoms with Crippen LogP contribution in [0.3, 0.4) is 0 Å². The van der Waals surface area contributed by atoms with Crippen LogP contribution in [0.5, 0.6) is 0 Å². The van der Waals surface area contributed by atoms with Crippen LogP contribution < -0.4 is 5.32 Å². The molecule has 0 aliphatic heterocycles. The monoisotopic (exact) mass is 333 g/mol. The Hall–Kier alpha value is -3.06. The molecule has 0 fully saturated rings. The molecule has 2 aromatic rings. The van der Waals surface area contributed by atoms with Gasteiger partial charge in [-0.3, -0.25) is 4.79 Å². The largest absolute Gasteiger partial charge is 0.372 e. The zero-order chi connectivity index (χ0) is 18.2. The van der Waals surface area contributed by atoms with Crippen molar-refractivity contribution in [2.24, 2.45) is 0 Å². The van der Waals surface area contributed by atoms with Gasteiger partial charge in [-0.25, -0.2) is 0 Å². The normalized spacial score (nSPS) is 10.9. The van der Waals surface area contributed by atoms with Crippen molar-refractivity contribution in [1.29, 1.82) is 5.26 Å². The van der Waals surface area contributed by atoms with Crippen molar-refractivity contribution in [2.45, 2.75) is 27.3 Å². The minimum atomic E-state index is -0.386. The quantitative estimate of drug-likeness (QED) is 0.637. The molecule has 0 atom stereocenters. The predicted octanol–water partition coefficient (Wildman–Crippen LogP) is 4.17. The van der Waals surface area contributed by atoms with Gasteiger partial charge >= 0.3 is 0 Å². The van der Waals surface area contributed by atoms with Gasteiger partial charge in [0.25, 0.3) is 5.91 Å². The van der Waals surface area contributed by atoms with Gasteiger partial charge in [-0.15, -0.1) is 0 Å². The summed E-state index contributed by atoms with van der Waals surface area (Å²) in [6.07, 6.45) is 1.63. The number of hydrogen-bond acceptors (Lipinski definition) is 3. The van der Waals surface area contributed by atoms with E-state index >= 15 is 0 Å². The Morgan fingerprint density at radius 1 is 1.16 bits per heavy atom. The number of carbonyl (C=O) groups excluding carboxylic acids is 1. The van der Waals surface area contributed by atoms with Gasteiger partial charge in [0.1, 0.15) is 11.6 Å². The lowest BCUT2D eigenvalue weighted by molar-refractivity contribution is -0.112. The van der Waals surface area contributed by atoms with E-state index in [0.29, 0.717) is 13.1 Å². The predicted molar refractivity (Wildman–Crippen MR) is 101 cm³/mol. The molecule has 2 rings (SSSR count). The van der Waals surface area contributed by atoms with Gasteiger partial charge in [0.15, 0.2) is 0 Å². The number of carbonyl (C=O) groups is 1.